The lowest BCUT2D eigenvalue weighted by Gasteiger charge is -2.18. The first kappa shape index (κ1) is 19.1. The fourth-order valence-electron chi connectivity index (χ4n) is 2.70. The molecule has 0 N–H and O–H groups in total. The minimum absolute atomic E-state index is 0.0644. The lowest BCUT2D eigenvalue weighted by Crippen LogP contribution is -2.28. The number of likely N-dealkylation sites (N-methyl/N-ethyl adjacent to an activating group) is 1. The molecule has 0 atom stereocenters. The number of rotatable bonds is 7. The standard InChI is InChI=1S/C22H24N2O2S/c1-16-8-10-20(11-9-16)26-14-21-23-19(15-27-21)12-22(25)24(3)13-18-7-5-4-6-17(18)2/h4-11,15H,12-14H2,1-3H3. The zero-order chi connectivity index (χ0) is 19.2. The topological polar surface area (TPSA) is 42.4 Å². The normalized spacial score (nSPS) is 10.6. The SMILES string of the molecule is Cc1ccc(OCc2nc(CC(=O)N(C)Cc3ccccc3C)cs2)cc1. The first-order valence-corrected chi connectivity index (χ1v) is 9.80. The van der Waals surface area contributed by atoms with Crippen LogP contribution in [0.25, 0.3) is 0 Å². The van der Waals surface area contributed by atoms with Crippen LogP contribution in [0.2, 0.25) is 0 Å². The van der Waals surface area contributed by atoms with Gasteiger partial charge < -0.3 is 9.64 Å². The van der Waals surface area contributed by atoms with Crippen molar-refractivity contribution in [3.63, 3.8) is 0 Å². The molecule has 0 spiro atoms. The van der Waals surface area contributed by atoms with E-state index >= 15 is 0 Å². The van der Waals surface area contributed by atoms with E-state index in [2.05, 4.69) is 24.0 Å². The van der Waals surface area contributed by atoms with Gasteiger partial charge in [0.1, 0.15) is 17.4 Å². The van der Waals surface area contributed by atoms with Gasteiger partial charge in [-0.15, -0.1) is 11.3 Å². The molecule has 0 saturated carbocycles. The van der Waals surface area contributed by atoms with Gasteiger partial charge in [0.05, 0.1) is 12.1 Å². The molecule has 0 radical (unpaired) electrons. The highest BCUT2D eigenvalue weighted by Crippen LogP contribution is 2.17. The Labute approximate surface area is 164 Å². The summed E-state index contributed by atoms with van der Waals surface area (Å²) in [5.74, 6) is 0.890. The van der Waals surface area contributed by atoms with Gasteiger partial charge in [-0.3, -0.25) is 4.79 Å². The van der Waals surface area contributed by atoms with Crippen LogP contribution in [-0.4, -0.2) is 22.8 Å². The van der Waals surface area contributed by atoms with Crippen LogP contribution in [-0.2, 0) is 24.4 Å². The molecule has 4 nitrogen and oxygen atoms in total. The lowest BCUT2D eigenvalue weighted by molar-refractivity contribution is -0.129. The molecular formula is C22H24N2O2S. The van der Waals surface area contributed by atoms with Gasteiger partial charge in [0.15, 0.2) is 0 Å². The van der Waals surface area contributed by atoms with Gasteiger partial charge in [0.2, 0.25) is 5.91 Å². The number of hydrogen-bond donors (Lipinski definition) is 0. The molecule has 0 bridgehead atoms. The zero-order valence-electron chi connectivity index (χ0n) is 15.9. The minimum atomic E-state index is 0.0644. The predicted octanol–water partition coefficient (Wildman–Crippen LogP) is 4.54. The largest absolute Gasteiger partial charge is 0.486 e. The second kappa shape index (κ2) is 8.82. The molecule has 27 heavy (non-hydrogen) atoms. The Morgan fingerprint density at radius 3 is 2.59 bits per heavy atom. The summed E-state index contributed by atoms with van der Waals surface area (Å²) in [6, 6.07) is 16.1. The van der Waals surface area contributed by atoms with E-state index in [1.165, 1.54) is 28.0 Å². The highest BCUT2D eigenvalue weighted by Gasteiger charge is 2.13. The highest BCUT2D eigenvalue weighted by atomic mass is 32.1. The molecule has 1 heterocycles. The van der Waals surface area contributed by atoms with Crippen molar-refractivity contribution >= 4 is 17.2 Å². The third kappa shape index (κ3) is 5.41. The van der Waals surface area contributed by atoms with Crippen LogP contribution in [0.1, 0.15) is 27.4 Å². The van der Waals surface area contributed by atoms with Gasteiger partial charge in [-0.2, -0.15) is 0 Å². The summed E-state index contributed by atoms with van der Waals surface area (Å²) in [6.07, 6.45) is 0.309. The van der Waals surface area contributed by atoms with Gasteiger partial charge >= 0.3 is 0 Å². The van der Waals surface area contributed by atoms with Crippen LogP contribution >= 0.6 is 11.3 Å². The van der Waals surface area contributed by atoms with E-state index in [1.807, 2.05) is 55.7 Å². The van der Waals surface area contributed by atoms with Gasteiger partial charge in [-0.05, 0) is 37.1 Å². The number of amides is 1. The van der Waals surface area contributed by atoms with Crippen molar-refractivity contribution < 1.29 is 9.53 Å². The maximum atomic E-state index is 12.5. The molecule has 0 unspecified atom stereocenters. The van der Waals surface area contributed by atoms with E-state index in [-0.39, 0.29) is 5.91 Å². The van der Waals surface area contributed by atoms with E-state index in [1.54, 1.807) is 4.90 Å². The van der Waals surface area contributed by atoms with Crippen molar-refractivity contribution in [2.45, 2.75) is 33.4 Å². The molecular weight excluding hydrogens is 356 g/mol. The van der Waals surface area contributed by atoms with Crippen LogP contribution in [0, 0.1) is 13.8 Å². The van der Waals surface area contributed by atoms with Gasteiger partial charge in [-0.25, -0.2) is 4.98 Å². The van der Waals surface area contributed by atoms with E-state index in [0.29, 0.717) is 19.6 Å². The summed E-state index contributed by atoms with van der Waals surface area (Å²) < 4.78 is 5.76. The van der Waals surface area contributed by atoms with Crippen LogP contribution in [0.4, 0.5) is 0 Å². The van der Waals surface area contributed by atoms with Crippen LogP contribution in [0.15, 0.2) is 53.9 Å². The summed E-state index contributed by atoms with van der Waals surface area (Å²) in [6.45, 7) is 5.14. The Kier molecular flexibility index (Phi) is 6.24. The molecule has 1 amide bonds. The highest BCUT2D eigenvalue weighted by molar-refractivity contribution is 7.09. The van der Waals surface area contributed by atoms with Crippen LogP contribution in [0.5, 0.6) is 5.75 Å². The third-order valence-electron chi connectivity index (χ3n) is 4.41. The monoisotopic (exact) mass is 380 g/mol. The molecule has 3 rings (SSSR count). The van der Waals surface area contributed by atoms with Crippen LogP contribution < -0.4 is 4.74 Å². The number of carbonyl (C=O) groups excluding carboxylic acids is 1. The maximum absolute atomic E-state index is 12.5. The zero-order valence-corrected chi connectivity index (χ0v) is 16.8. The molecule has 3 aromatic rings. The molecule has 0 aliphatic carbocycles. The van der Waals surface area contributed by atoms with Gasteiger partial charge in [0, 0.05) is 19.0 Å². The summed E-state index contributed by atoms with van der Waals surface area (Å²) >= 11 is 1.53. The van der Waals surface area contributed by atoms with Gasteiger partial charge in [0.25, 0.3) is 0 Å². The number of aryl methyl sites for hydroxylation is 2. The van der Waals surface area contributed by atoms with Crippen molar-refractivity contribution in [2.24, 2.45) is 0 Å². The van der Waals surface area contributed by atoms with E-state index in [9.17, 15) is 4.79 Å². The first-order chi connectivity index (χ1) is 13.0. The molecule has 0 aliphatic heterocycles. The second-order valence-electron chi connectivity index (χ2n) is 6.69. The average molecular weight is 381 g/mol. The van der Waals surface area contributed by atoms with Crippen molar-refractivity contribution in [1.82, 2.24) is 9.88 Å². The number of hydrogen-bond acceptors (Lipinski definition) is 4. The third-order valence-corrected chi connectivity index (χ3v) is 5.28. The minimum Gasteiger partial charge on any atom is -0.486 e. The molecule has 0 saturated heterocycles. The number of aromatic nitrogens is 1. The summed E-state index contributed by atoms with van der Waals surface area (Å²) in [4.78, 5) is 18.8. The van der Waals surface area contributed by atoms with E-state index in [0.717, 1.165) is 16.5 Å². The first-order valence-electron chi connectivity index (χ1n) is 8.92. The van der Waals surface area contributed by atoms with E-state index in [4.69, 9.17) is 4.74 Å². The number of ether oxygens (including phenoxy) is 1. The second-order valence-corrected chi connectivity index (χ2v) is 7.63. The summed E-state index contributed by atoms with van der Waals surface area (Å²) in [5.41, 5.74) is 4.36. The quantitative estimate of drug-likeness (QED) is 0.604. The number of thiazole rings is 1. The molecule has 2 aromatic carbocycles. The smallest absolute Gasteiger partial charge is 0.228 e. The molecule has 0 fully saturated rings. The van der Waals surface area contributed by atoms with Gasteiger partial charge in [-0.1, -0.05) is 42.0 Å². The lowest BCUT2D eigenvalue weighted by atomic mass is 10.1. The Morgan fingerprint density at radius 1 is 1.11 bits per heavy atom. The molecule has 140 valence electrons. The Morgan fingerprint density at radius 2 is 1.85 bits per heavy atom. The number of nitrogens with zero attached hydrogens (tertiary/aromatic N) is 2. The Balaban J connectivity index is 1.52. The summed E-state index contributed by atoms with van der Waals surface area (Å²) in [7, 11) is 1.84. The Hall–Kier alpha value is -2.66. The van der Waals surface area contributed by atoms with Crippen molar-refractivity contribution in [2.75, 3.05) is 7.05 Å². The fourth-order valence-corrected chi connectivity index (χ4v) is 3.40. The van der Waals surface area contributed by atoms with E-state index < -0.39 is 0 Å². The number of carbonyl (C=O) groups is 1. The van der Waals surface area contributed by atoms with Crippen molar-refractivity contribution in [3.8, 4) is 5.75 Å². The molecule has 0 aliphatic rings. The van der Waals surface area contributed by atoms with Crippen LogP contribution in [0.3, 0.4) is 0 Å². The predicted molar refractivity (Wildman–Crippen MR) is 109 cm³/mol. The van der Waals surface area contributed by atoms with Crippen molar-refractivity contribution in [3.05, 3.63) is 81.3 Å². The average Bonchev–Trinajstić information content (AvgIpc) is 3.10. The fraction of sp³-hybridized carbons (Fsp3) is 0.273. The maximum Gasteiger partial charge on any atom is 0.228 e. The van der Waals surface area contributed by atoms with Crippen molar-refractivity contribution in [1.29, 1.82) is 0 Å². The molecule has 5 heteroatoms. The Bertz CT molecular complexity index is 903. The summed E-state index contributed by atoms with van der Waals surface area (Å²) in [5, 5.41) is 2.81. The molecule has 1 aromatic heterocycles. The number of benzene rings is 2.